The molecule has 0 aliphatic rings. The van der Waals surface area contributed by atoms with E-state index in [1.54, 1.807) is 12.2 Å². The first kappa shape index (κ1) is 16.2. The summed E-state index contributed by atoms with van der Waals surface area (Å²) in [6, 6.07) is 1.22. The molecule has 0 saturated heterocycles. The second kappa shape index (κ2) is 6.08. The highest BCUT2D eigenvalue weighted by molar-refractivity contribution is 6.29. The minimum Gasteiger partial charge on any atom is -0.481 e. The molecule has 1 unspecified atom stereocenters. The zero-order valence-corrected chi connectivity index (χ0v) is 10.9. The van der Waals surface area contributed by atoms with Crippen LogP contribution in [0, 0.1) is 6.92 Å². The van der Waals surface area contributed by atoms with Crippen LogP contribution in [0.4, 0.5) is 13.2 Å². The summed E-state index contributed by atoms with van der Waals surface area (Å²) >= 11 is 5.66. The number of nitrogens with zero attached hydrogens (tertiary/aromatic N) is 1. The number of carbonyl (C=O) groups is 2. The lowest BCUT2D eigenvalue weighted by Gasteiger charge is -2.19. The van der Waals surface area contributed by atoms with Crippen LogP contribution in [0.1, 0.15) is 23.7 Å². The molecule has 0 fully saturated rings. The van der Waals surface area contributed by atoms with Crippen LogP contribution >= 0.6 is 11.6 Å². The van der Waals surface area contributed by atoms with Gasteiger partial charge in [-0.05, 0) is 24.6 Å². The molecule has 1 rings (SSSR count). The van der Waals surface area contributed by atoms with Crippen molar-refractivity contribution in [1.29, 1.82) is 0 Å². The second-order valence-corrected chi connectivity index (χ2v) is 4.37. The van der Waals surface area contributed by atoms with Gasteiger partial charge >= 0.3 is 18.1 Å². The third-order valence-electron chi connectivity index (χ3n) is 2.29. The van der Waals surface area contributed by atoms with Gasteiger partial charge < -0.3 is 10.4 Å². The fraction of sp³-hybridized carbons (Fsp3) is 0.364. The number of carbonyl (C=O) groups excluding carboxylic acids is 1. The Morgan fingerprint density at radius 2 is 2.05 bits per heavy atom. The molecule has 1 heterocycles. The van der Waals surface area contributed by atoms with Crippen LogP contribution in [0.25, 0.3) is 0 Å². The van der Waals surface area contributed by atoms with E-state index < -0.39 is 30.5 Å². The molecule has 0 bridgehead atoms. The molecule has 2 N–H and O–H groups in total. The Balaban J connectivity index is 3.06. The monoisotopic (exact) mass is 310 g/mol. The number of aliphatic carboxylic acids is 1. The van der Waals surface area contributed by atoms with Crippen molar-refractivity contribution in [3.63, 3.8) is 0 Å². The fourth-order valence-electron chi connectivity index (χ4n) is 1.52. The first-order valence-corrected chi connectivity index (χ1v) is 5.71. The first-order valence-electron chi connectivity index (χ1n) is 5.33. The second-order valence-electron chi connectivity index (χ2n) is 3.99. The van der Waals surface area contributed by atoms with Crippen molar-refractivity contribution >= 4 is 23.5 Å². The zero-order valence-electron chi connectivity index (χ0n) is 10.2. The Kier molecular flexibility index (Phi) is 4.93. The maximum atomic E-state index is 12.2. The quantitative estimate of drug-likeness (QED) is 0.836. The molecule has 0 aromatic carbocycles. The highest BCUT2D eigenvalue weighted by Crippen LogP contribution is 2.23. The number of amides is 1. The van der Waals surface area contributed by atoms with E-state index in [0.29, 0.717) is 5.69 Å². The van der Waals surface area contributed by atoms with Gasteiger partial charge in [0.05, 0.1) is 12.5 Å². The Labute approximate surface area is 116 Å². The third kappa shape index (κ3) is 4.69. The molecule has 5 nitrogen and oxygen atoms in total. The Hall–Kier alpha value is -1.83. The number of carboxylic acids is 1. The Morgan fingerprint density at radius 1 is 1.45 bits per heavy atom. The summed E-state index contributed by atoms with van der Waals surface area (Å²) in [6.07, 6.45) is -5.80. The van der Waals surface area contributed by atoms with E-state index in [-0.39, 0.29) is 10.7 Å². The predicted molar refractivity (Wildman–Crippen MR) is 63.2 cm³/mol. The third-order valence-corrected chi connectivity index (χ3v) is 2.48. The minimum atomic E-state index is -5.09. The van der Waals surface area contributed by atoms with Crippen LogP contribution in [0.15, 0.2) is 12.1 Å². The van der Waals surface area contributed by atoms with Crippen molar-refractivity contribution in [3.8, 4) is 0 Å². The molecule has 1 aromatic rings. The molecule has 1 aromatic heterocycles. The smallest absolute Gasteiger partial charge is 0.471 e. The number of aromatic nitrogens is 1. The van der Waals surface area contributed by atoms with Crippen molar-refractivity contribution in [2.24, 2.45) is 0 Å². The lowest BCUT2D eigenvalue weighted by atomic mass is 10.0. The van der Waals surface area contributed by atoms with E-state index in [2.05, 4.69) is 4.98 Å². The highest BCUT2D eigenvalue weighted by atomic mass is 35.5. The minimum absolute atomic E-state index is 0.00311. The normalized spacial score (nSPS) is 12.8. The van der Waals surface area contributed by atoms with Gasteiger partial charge in [0.15, 0.2) is 0 Å². The highest BCUT2D eigenvalue weighted by Gasteiger charge is 2.40. The maximum absolute atomic E-state index is 12.2. The van der Waals surface area contributed by atoms with Crippen LogP contribution in [0.3, 0.4) is 0 Å². The average molecular weight is 311 g/mol. The van der Waals surface area contributed by atoms with Crippen molar-refractivity contribution < 1.29 is 27.9 Å². The summed E-state index contributed by atoms with van der Waals surface area (Å²) < 4.78 is 36.7. The van der Waals surface area contributed by atoms with Gasteiger partial charge in [-0.3, -0.25) is 9.59 Å². The number of hydrogen-bond acceptors (Lipinski definition) is 3. The number of carboxylic acid groups (broad SMARTS) is 1. The molecule has 1 amide bonds. The summed E-state index contributed by atoms with van der Waals surface area (Å²) in [5, 5.41) is 10.3. The van der Waals surface area contributed by atoms with Crippen LogP contribution in [-0.4, -0.2) is 28.1 Å². The van der Waals surface area contributed by atoms with E-state index in [9.17, 15) is 22.8 Å². The van der Waals surface area contributed by atoms with Crippen molar-refractivity contribution in [3.05, 3.63) is 28.5 Å². The summed E-state index contributed by atoms with van der Waals surface area (Å²) in [5.41, 5.74) is 0.534. The fourth-order valence-corrected chi connectivity index (χ4v) is 1.78. The standard InChI is InChI=1S/C11H10ClF3N2O3/c1-5-2-6(3-8(12)16-5)7(4-9(18)19)17-10(20)11(13,14)15/h2-3,7H,4H2,1H3,(H,17,20)(H,18,19). The topological polar surface area (TPSA) is 79.3 Å². The van der Waals surface area contributed by atoms with Gasteiger partial charge in [-0.25, -0.2) is 4.98 Å². The molecule has 110 valence electrons. The number of aryl methyl sites for hydroxylation is 1. The number of nitrogens with one attached hydrogen (secondary N) is 1. The SMILES string of the molecule is Cc1cc(C(CC(=O)O)NC(=O)C(F)(F)F)cc(Cl)n1. The molecule has 0 aliphatic carbocycles. The van der Waals surface area contributed by atoms with E-state index in [1.165, 1.54) is 12.1 Å². The van der Waals surface area contributed by atoms with E-state index >= 15 is 0 Å². The molecule has 9 heteroatoms. The predicted octanol–water partition coefficient (Wildman–Crippen LogP) is 2.24. The van der Waals surface area contributed by atoms with Gasteiger partial charge in [0.2, 0.25) is 0 Å². The van der Waals surface area contributed by atoms with E-state index in [4.69, 9.17) is 16.7 Å². The molecular formula is C11H10ClF3N2O3. The van der Waals surface area contributed by atoms with Crippen molar-refractivity contribution in [2.45, 2.75) is 25.6 Å². The summed E-state index contributed by atoms with van der Waals surface area (Å²) in [6.45, 7) is 1.54. The number of pyridine rings is 1. The molecule has 0 aliphatic heterocycles. The van der Waals surface area contributed by atoms with Gasteiger partial charge in [-0.1, -0.05) is 11.6 Å². The van der Waals surface area contributed by atoms with Crippen LogP contribution in [0.5, 0.6) is 0 Å². The summed E-state index contributed by atoms with van der Waals surface area (Å²) in [4.78, 5) is 25.4. The van der Waals surface area contributed by atoms with Crippen LogP contribution in [-0.2, 0) is 9.59 Å². The molecular weight excluding hydrogens is 301 g/mol. The van der Waals surface area contributed by atoms with Crippen LogP contribution in [0.2, 0.25) is 5.15 Å². The lowest BCUT2D eigenvalue weighted by Crippen LogP contribution is -2.39. The first-order chi connectivity index (χ1) is 9.09. The molecule has 0 saturated carbocycles. The molecule has 0 spiro atoms. The number of halogens is 4. The van der Waals surface area contributed by atoms with Gasteiger partial charge in [-0.2, -0.15) is 13.2 Å². The van der Waals surface area contributed by atoms with Gasteiger partial charge in [-0.15, -0.1) is 0 Å². The lowest BCUT2D eigenvalue weighted by molar-refractivity contribution is -0.174. The van der Waals surface area contributed by atoms with Crippen LogP contribution < -0.4 is 5.32 Å². The Morgan fingerprint density at radius 3 is 2.50 bits per heavy atom. The van der Waals surface area contributed by atoms with E-state index in [1.807, 2.05) is 0 Å². The Bertz CT molecular complexity index is 514. The van der Waals surface area contributed by atoms with Gasteiger partial charge in [0.1, 0.15) is 5.15 Å². The summed E-state index contributed by atoms with van der Waals surface area (Å²) in [7, 11) is 0. The van der Waals surface area contributed by atoms with Crippen molar-refractivity contribution in [1.82, 2.24) is 10.3 Å². The molecule has 1 atom stereocenters. The van der Waals surface area contributed by atoms with Gasteiger partial charge in [0, 0.05) is 5.69 Å². The number of hydrogen-bond donors (Lipinski definition) is 2. The number of rotatable bonds is 4. The zero-order chi connectivity index (χ0) is 15.5. The average Bonchev–Trinajstić information content (AvgIpc) is 2.24. The van der Waals surface area contributed by atoms with Gasteiger partial charge in [0.25, 0.3) is 0 Å². The molecule has 0 radical (unpaired) electrons. The summed E-state index contributed by atoms with van der Waals surface area (Å²) in [5.74, 6) is -3.57. The van der Waals surface area contributed by atoms with Crippen molar-refractivity contribution in [2.75, 3.05) is 0 Å². The van der Waals surface area contributed by atoms with E-state index in [0.717, 1.165) is 0 Å². The molecule has 20 heavy (non-hydrogen) atoms. The number of alkyl halides is 3. The maximum Gasteiger partial charge on any atom is 0.471 e. The largest absolute Gasteiger partial charge is 0.481 e.